The van der Waals surface area contributed by atoms with Crippen molar-refractivity contribution in [1.29, 1.82) is 0 Å². The molecule has 0 spiro atoms. The van der Waals surface area contributed by atoms with Crippen LogP contribution in [0.5, 0.6) is 17.2 Å². The zero-order valence-electron chi connectivity index (χ0n) is 25.9. The first-order valence-electron chi connectivity index (χ1n) is 14.4. The van der Waals surface area contributed by atoms with Crippen LogP contribution in [0.15, 0.2) is 76.9 Å². The molecule has 1 aromatic heterocycles. The number of hydrogen-bond acceptors (Lipinski definition) is 9. The fourth-order valence-electron chi connectivity index (χ4n) is 4.52. The second kappa shape index (κ2) is 13.9. The molecule has 1 unspecified atom stereocenters. The molecule has 5 rings (SSSR count). The van der Waals surface area contributed by atoms with Crippen molar-refractivity contribution in [2.24, 2.45) is 0 Å². The van der Waals surface area contributed by atoms with E-state index in [0.29, 0.717) is 51.0 Å². The van der Waals surface area contributed by atoms with Crippen molar-refractivity contribution >= 4 is 52.8 Å². The van der Waals surface area contributed by atoms with E-state index in [2.05, 4.69) is 10.3 Å². The summed E-state index contributed by atoms with van der Waals surface area (Å²) >= 11 is -2.43. The SMILES string of the molecule is CC(C)(C)OC(=O)N1CCc2nc(NC(=O)c3cc(OCc4ccccc4)cc(Oc4ccc(I(C)(=O)C=C=O)cc4)c3)sc2C1. The second-order valence-corrected chi connectivity index (χ2v) is 19.3. The molecule has 0 aliphatic carbocycles. The Labute approximate surface area is 275 Å². The molecule has 1 N–H and O–H groups in total. The molecule has 0 saturated heterocycles. The van der Waals surface area contributed by atoms with Gasteiger partial charge in [0.2, 0.25) is 0 Å². The number of alkyl halides is 1. The standard InChI is InChI=1S/C34H34IN3O7S/c1-34(2,3)45-33(41)38-16-14-29-30(21-38)46-32(36-29)37-31(40)24-18-27(43-22-23-8-6-5-7-9-23)20-28(19-24)44-26-12-10-25(11-13-26)35(4,42)15-17-39/h5-13,15,18-20H,14,16,21-22H2,1-4H3,(H,36,37,40). The van der Waals surface area contributed by atoms with Crippen molar-refractivity contribution in [3.63, 3.8) is 0 Å². The molecule has 0 fully saturated rings. The summed E-state index contributed by atoms with van der Waals surface area (Å²) < 4.78 is 32.1. The molecule has 1 aliphatic heterocycles. The first-order chi connectivity index (χ1) is 21.9. The average molecular weight is 756 g/mol. The van der Waals surface area contributed by atoms with Crippen LogP contribution in [0, 0.1) is 3.57 Å². The monoisotopic (exact) mass is 755 g/mol. The summed E-state index contributed by atoms with van der Waals surface area (Å²) in [7, 11) is 0. The van der Waals surface area contributed by atoms with Crippen LogP contribution in [0.3, 0.4) is 0 Å². The number of hydrogen-bond donors (Lipinski definition) is 1. The van der Waals surface area contributed by atoms with Gasteiger partial charge in [-0.1, -0.05) is 18.2 Å². The molecule has 2 heterocycles. The number of amides is 2. The average Bonchev–Trinajstić information content (AvgIpc) is 3.41. The van der Waals surface area contributed by atoms with E-state index in [1.807, 2.05) is 51.1 Å². The molecule has 4 aromatic rings. The zero-order valence-corrected chi connectivity index (χ0v) is 28.8. The molecule has 0 saturated carbocycles. The van der Waals surface area contributed by atoms with E-state index in [1.54, 1.807) is 58.2 Å². The third-order valence-corrected chi connectivity index (χ3v) is 12.4. The van der Waals surface area contributed by atoms with Crippen LogP contribution in [0.25, 0.3) is 0 Å². The number of nitrogens with zero attached hydrogens (tertiary/aromatic N) is 2. The van der Waals surface area contributed by atoms with Crippen molar-refractivity contribution in [3.8, 4) is 17.2 Å². The number of rotatable bonds is 9. The molecule has 0 radical (unpaired) electrons. The molecule has 0 bridgehead atoms. The van der Waals surface area contributed by atoms with E-state index in [-0.39, 0.29) is 12.7 Å². The molecular weight excluding hydrogens is 721 g/mol. The van der Waals surface area contributed by atoms with E-state index < -0.39 is 29.9 Å². The fourth-order valence-corrected chi connectivity index (χ4v) is 8.17. The Morgan fingerprint density at radius 1 is 1.04 bits per heavy atom. The van der Waals surface area contributed by atoms with Gasteiger partial charge in [0.05, 0.1) is 12.2 Å². The first-order valence-corrected chi connectivity index (χ1v) is 20.6. The topological polar surface area (TPSA) is 124 Å². The summed E-state index contributed by atoms with van der Waals surface area (Å²) in [6.07, 6.45) is 0.176. The third-order valence-electron chi connectivity index (χ3n) is 6.73. The molecule has 3 aromatic carbocycles. The molecule has 1 aliphatic rings. The number of aromatic nitrogens is 1. The molecule has 1 atom stereocenters. The van der Waals surface area contributed by atoms with Crippen LogP contribution >= 0.6 is 29.8 Å². The maximum atomic E-state index is 13.5. The summed E-state index contributed by atoms with van der Waals surface area (Å²) in [4.78, 5) is 45.6. The Morgan fingerprint density at radius 2 is 1.76 bits per heavy atom. The summed E-state index contributed by atoms with van der Waals surface area (Å²) in [5, 5.41) is 3.31. The van der Waals surface area contributed by atoms with E-state index in [1.165, 1.54) is 11.3 Å². The van der Waals surface area contributed by atoms with Gasteiger partial charge < -0.3 is 9.64 Å². The van der Waals surface area contributed by atoms with Crippen molar-refractivity contribution in [2.45, 2.75) is 45.9 Å². The van der Waals surface area contributed by atoms with Gasteiger partial charge >= 0.3 is 187 Å². The summed E-state index contributed by atoms with van der Waals surface area (Å²) in [6.45, 7) is 6.61. The summed E-state index contributed by atoms with van der Waals surface area (Å²) in [6, 6.07) is 21.2. The van der Waals surface area contributed by atoms with Crippen LogP contribution in [0.2, 0.25) is 0 Å². The first kappa shape index (κ1) is 33.0. The minimum absolute atomic E-state index is 0.283. The van der Waals surface area contributed by atoms with E-state index >= 15 is 0 Å². The second-order valence-electron chi connectivity index (χ2n) is 11.6. The van der Waals surface area contributed by atoms with Gasteiger partial charge in [-0.3, -0.25) is 0 Å². The van der Waals surface area contributed by atoms with Gasteiger partial charge in [0.25, 0.3) is 0 Å². The fraction of sp³-hybridized carbons (Fsp3) is 0.265. The Hall–Kier alpha value is -4.39. The predicted molar refractivity (Wildman–Crippen MR) is 184 cm³/mol. The molecule has 2 amide bonds. The predicted octanol–water partition coefficient (Wildman–Crippen LogP) is 7.59. The van der Waals surface area contributed by atoms with Gasteiger partial charge in [-0.25, -0.2) is 4.79 Å². The van der Waals surface area contributed by atoms with Crippen LogP contribution in [0.4, 0.5) is 9.93 Å². The molecule has 12 heteroatoms. The number of nitrogens with one attached hydrogen (secondary N) is 1. The molecular formula is C34H34IN3O7S. The van der Waals surface area contributed by atoms with Gasteiger partial charge in [0, 0.05) is 17.8 Å². The van der Waals surface area contributed by atoms with E-state index in [9.17, 15) is 17.5 Å². The summed E-state index contributed by atoms with van der Waals surface area (Å²) in [5.41, 5.74) is 1.50. The van der Waals surface area contributed by atoms with E-state index in [4.69, 9.17) is 14.2 Å². The zero-order chi connectivity index (χ0) is 32.9. The van der Waals surface area contributed by atoms with Gasteiger partial charge in [0.15, 0.2) is 0 Å². The number of carbonyl (C=O) groups excluding carboxylic acids is 3. The van der Waals surface area contributed by atoms with Gasteiger partial charge in [-0.2, -0.15) is 0 Å². The molecule has 10 nitrogen and oxygen atoms in total. The van der Waals surface area contributed by atoms with Crippen LogP contribution in [-0.4, -0.2) is 44.9 Å². The van der Waals surface area contributed by atoms with Gasteiger partial charge in [0.1, 0.15) is 5.60 Å². The molecule has 46 heavy (non-hydrogen) atoms. The number of thiazole rings is 1. The summed E-state index contributed by atoms with van der Waals surface area (Å²) in [5.74, 6) is 2.46. The Bertz CT molecular complexity index is 1830. The quantitative estimate of drug-likeness (QED) is 0.105. The number of halogens is 1. The Balaban J connectivity index is 1.34. The number of carbonyl (C=O) groups is 2. The van der Waals surface area contributed by atoms with Crippen LogP contribution < -0.4 is 14.8 Å². The van der Waals surface area contributed by atoms with Gasteiger partial charge in [-0.15, -0.1) is 0 Å². The van der Waals surface area contributed by atoms with Crippen molar-refractivity contribution < 1.29 is 31.7 Å². The van der Waals surface area contributed by atoms with Crippen molar-refractivity contribution in [2.75, 3.05) is 16.8 Å². The minimum Gasteiger partial charge on any atom is 0.0494 e. The van der Waals surface area contributed by atoms with Crippen molar-refractivity contribution in [3.05, 3.63) is 102 Å². The molecule has 240 valence electrons. The maximum absolute atomic E-state index is 13.5. The third kappa shape index (κ3) is 8.65. The van der Waals surface area contributed by atoms with Crippen LogP contribution in [-0.2, 0) is 32.2 Å². The Kier molecular flexibility index (Phi) is 10.00. The van der Waals surface area contributed by atoms with Crippen LogP contribution in [0.1, 0.15) is 47.3 Å². The number of fused-ring (bicyclic) bond motifs is 1. The van der Waals surface area contributed by atoms with Crippen molar-refractivity contribution in [1.82, 2.24) is 9.88 Å². The number of ether oxygens (including phenoxy) is 3. The Morgan fingerprint density at radius 3 is 2.46 bits per heavy atom. The normalized spacial score (nSPS) is 14.6. The van der Waals surface area contributed by atoms with E-state index in [0.717, 1.165) is 20.2 Å². The van der Waals surface area contributed by atoms with Gasteiger partial charge in [-0.05, 0) is 20.8 Å². The minimum atomic E-state index is -3.75. The smallest absolute Gasteiger partial charge is 0.0494 e. The number of anilines is 1. The number of benzene rings is 3.